The molecule has 0 spiro atoms. The molecule has 0 bridgehead atoms. The van der Waals surface area contributed by atoms with Gasteiger partial charge in [-0.15, -0.1) is 0 Å². The number of aromatic nitrogens is 3. The molecular weight excluding hydrogens is 356 g/mol. The average Bonchev–Trinajstić information content (AvgIpc) is 2.98. The van der Waals surface area contributed by atoms with Crippen LogP contribution in [0.15, 0.2) is 42.6 Å². The Morgan fingerprint density at radius 3 is 2.61 bits per heavy atom. The molecule has 2 aromatic heterocycles. The highest BCUT2D eigenvalue weighted by Crippen LogP contribution is 2.17. The number of aryl methyl sites for hydroxylation is 2. The summed E-state index contributed by atoms with van der Waals surface area (Å²) >= 11 is 0. The summed E-state index contributed by atoms with van der Waals surface area (Å²) in [7, 11) is 1.80. The fourth-order valence-corrected chi connectivity index (χ4v) is 3.05. The predicted octanol–water partition coefficient (Wildman–Crippen LogP) is 2.87. The molecule has 1 aromatic carbocycles. The third-order valence-electron chi connectivity index (χ3n) is 4.56. The minimum atomic E-state index is -0.575. The number of carbonyl (C=O) groups excluding carboxylic acids is 2. The highest BCUT2D eigenvalue weighted by molar-refractivity contribution is 5.94. The number of hydrogen-bond donors (Lipinski definition) is 0. The van der Waals surface area contributed by atoms with E-state index in [1.54, 1.807) is 22.7 Å². The van der Waals surface area contributed by atoms with E-state index in [0.717, 1.165) is 16.6 Å². The van der Waals surface area contributed by atoms with E-state index >= 15 is 0 Å². The van der Waals surface area contributed by atoms with Crippen molar-refractivity contribution in [3.63, 3.8) is 0 Å². The van der Waals surface area contributed by atoms with Gasteiger partial charge in [-0.1, -0.05) is 30.3 Å². The van der Waals surface area contributed by atoms with E-state index in [2.05, 4.69) is 10.1 Å². The van der Waals surface area contributed by atoms with Gasteiger partial charge in [0.1, 0.15) is 0 Å². The average molecular weight is 380 g/mol. The SMILES string of the molecule is Cc1nn(C)c2ncc(C(=O)OCC(=O)N(Cc3ccccc3)C(C)C)cc12. The van der Waals surface area contributed by atoms with Crippen LogP contribution in [0.2, 0.25) is 0 Å². The van der Waals surface area contributed by atoms with Crippen molar-refractivity contribution >= 4 is 22.9 Å². The fraction of sp³-hybridized carbons (Fsp3) is 0.333. The first kappa shape index (κ1) is 19.5. The zero-order chi connectivity index (χ0) is 20.3. The molecular formula is C21H24N4O3. The number of hydrogen-bond acceptors (Lipinski definition) is 5. The summed E-state index contributed by atoms with van der Waals surface area (Å²) in [5, 5.41) is 5.08. The van der Waals surface area contributed by atoms with Crippen molar-refractivity contribution in [1.29, 1.82) is 0 Å². The van der Waals surface area contributed by atoms with E-state index in [9.17, 15) is 9.59 Å². The van der Waals surface area contributed by atoms with Gasteiger partial charge in [-0.2, -0.15) is 5.10 Å². The van der Waals surface area contributed by atoms with Crippen molar-refractivity contribution in [2.45, 2.75) is 33.4 Å². The Morgan fingerprint density at radius 2 is 1.93 bits per heavy atom. The molecule has 7 heteroatoms. The number of rotatable bonds is 6. The summed E-state index contributed by atoms with van der Waals surface area (Å²) in [5.41, 5.74) is 2.80. The smallest absolute Gasteiger partial charge is 0.340 e. The molecule has 0 unspecified atom stereocenters. The molecule has 0 N–H and O–H groups in total. The van der Waals surface area contributed by atoms with Gasteiger partial charge >= 0.3 is 5.97 Å². The van der Waals surface area contributed by atoms with Crippen LogP contribution in [-0.4, -0.2) is 44.2 Å². The number of fused-ring (bicyclic) bond motifs is 1. The van der Waals surface area contributed by atoms with E-state index in [4.69, 9.17) is 4.74 Å². The van der Waals surface area contributed by atoms with Crippen LogP contribution in [0, 0.1) is 6.92 Å². The summed E-state index contributed by atoms with van der Waals surface area (Å²) in [6.07, 6.45) is 1.44. The molecule has 0 saturated heterocycles. The van der Waals surface area contributed by atoms with E-state index in [1.807, 2.05) is 51.1 Å². The molecule has 3 aromatic rings. The monoisotopic (exact) mass is 380 g/mol. The van der Waals surface area contributed by atoms with Gasteiger partial charge in [0.05, 0.1) is 11.3 Å². The predicted molar refractivity (Wildman–Crippen MR) is 106 cm³/mol. The molecule has 3 rings (SSSR count). The first-order valence-corrected chi connectivity index (χ1v) is 9.16. The van der Waals surface area contributed by atoms with Gasteiger partial charge in [-0.3, -0.25) is 9.48 Å². The summed E-state index contributed by atoms with van der Waals surface area (Å²) in [5.74, 6) is -0.812. The highest BCUT2D eigenvalue weighted by Gasteiger charge is 2.20. The van der Waals surface area contributed by atoms with Gasteiger partial charge in [0.25, 0.3) is 5.91 Å². The van der Waals surface area contributed by atoms with Crippen molar-refractivity contribution in [3.8, 4) is 0 Å². The molecule has 0 aliphatic carbocycles. The number of esters is 1. The minimum Gasteiger partial charge on any atom is -0.452 e. The molecule has 0 aliphatic heterocycles. The number of amides is 1. The second-order valence-electron chi connectivity index (χ2n) is 6.98. The Hall–Kier alpha value is -3.22. The maximum atomic E-state index is 12.6. The second kappa shape index (κ2) is 8.21. The van der Waals surface area contributed by atoms with Crippen LogP contribution in [0.5, 0.6) is 0 Å². The minimum absolute atomic E-state index is 0.0116. The quantitative estimate of drug-likeness (QED) is 0.615. The van der Waals surface area contributed by atoms with Crippen molar-refractivity contribution in [2.24, 2.45) is 7.05 Å². The number of benzene rings is 1. The summed E-state index contributed by atoms with van der Waals surface area (Å²) in [6, 6.07) is 11.4. The maximum Gasteiger partial charge on any atom is 0.340 e. The summed E-state index contributed by atoms with van der Waals surface area (Å²) < 4.78 is 6.92. The van der Waals surface area contributed by atoms with Gasteiger partial charge in [0, 0.05) is 31.2 Å². The van der Waals surface area contributed by atoms with E-state index in [0.29, 0.717) is 17.8 Å². The fourth-order valence-electron chi connectivity index (χ4n) is 3.05. The molecule has 0 atom stereocenters. The van der Waals surface area contributed by atoms with Crippen LogP contribution in [0.25, 0.3) is 11.0 Å². The van der Waals surface area contributed by atoms with Crippen molar-refractivity contribution < 1.29 is 14.3 Å². The van der Waals surface area contributed by atoms with Gasteiger partial charge in [-0.05, 0) is 32.4 Å². The van der Waals surface area contributed by atoms with Crippen LogP contribution >= 0.6 is 0 Å². The van der Waals surface area contributed by atoms with Gasteiger partial charge < -0.3 is 9.64 Å². The molecule has 0 saturated carbocycles. The zero-order valence-electron chi connectivity index (χ0n) is 16.5. The maximum absolute atomic E-state index is 12.6. The highest BCUT2D eigenvalue weighted by atomic mass is 16.5. The second-order valence-corrected chi connectivity index (χ2v) is 6.98. The lowest BCUT2D eigenvalue weighted by Gasteiger charge is -2.26. The largest absolute Gasteiger partial charge is 0.452 e. The van der Waals surface area contributed by atoms with Crippen LogP contribution in [0.1, 0.15) is 35.5 Å². The van der Waals surface area contributed by atoms with Crippen molar-refractivity contribution in [3.05, 3.63) is 59.4 Å². The molecule has 1 amide bonds. The van der Waals surface area contributed by atoms with Crippen LogP contribution in [0.3, 0.4) is 0 Å². The number of nitrogens with zero attached hydrogens (tertiary/aromatic N) is 4. The molecule has 0 fully saturated rings. The molecule has 2 heterocycles. The zero-order valence-corrected chi connectivity index (χ0v) is 16.5. The lowest BCUT2D eigenvalue weighted by molar-refractivity contribution is -0.136. The number of ether oxygens (including phenoxy) is 1. The Labute approximate surface area is 163 Å². The van der Waals surface area contributed by atoms with Crippen molar-refractivity contribution in [1.82, 2.24) is 19.7 Å². The number of pyridine rings is 1. The van der Waals surface area contributed by atoms with Gasteiger partial charge in [0.15, 0.2) is 12.3 Å². The Balaban J connectivity index is 1.67. The summed E-state index contributed by atoms with van der Waals surface area (Å²) in [6.45, 7) is 5.88. The normalized spacial score (nSPS) is 11.0. The Kier molecular flexibility index (Phi) is 5.73. The summed E-state index contributed by atoms with van der Waals surface area (Å²) in [4.78, 5) is 31.0. The van der Waals surface area contributed by atoms with E-state index in [-0.39, 0.29) is 18.6 Å². The van der Waals surface area contributed by atoms with E-state index < -0.39 is 5.97 Å². The third kappa shape index (κ3) is 4.19. The third-order valence-corrected chi connectivity index (χ3v) is 4.56. The van der Waals surface area contributed by atoms with Crippen LogP contribution < -0.4 is 0 Å². The Morgan fingerprint density at radius 1 is 1.21 bits per heavy atom. The molecule has 146 valence electrons. The van der Waals surface area contributed by atoms with Crippen LogP contribution in [-0.2, 0) is 23.1 Å². The first-order chi connectivity index (χ1) is 13.4. The Bertz CT molecular complexity index is 996. The molecule has 0 aliphatic rings. The molecule has 0 radical (unpaired) electrons. The standard InChI is InChI=1S/C21H24N4O3/c1-14(2)25(12-16-8-6-5-7-9-16)19(26)13-28-21(27)17-10-18-15(3)23-24(4)20(18)22-11-17/h5-11,14H,12-13H2,1-4H3. The number of carbonyl (C=O) groups is 2. The molecule has 28 heavy (non-hydrogen) atoms. The van der Waals surface area contributed by atoms with Crippen LogP contribution in [0.4, 0.5) is 0 Å². The lowest BCUT2D eigenvalue weighted by Crippen LogP contribution is -2.39. The van der Waals surface area contributed by atoms with Crippen molar-refractivity contribution in [2.75, 3.05) is 6.61 Å². The van der Waals surface area contributed by atoms with E-state index in [1.165, 1.54) is 6.20 Å². The van der Waals surface area contributed by atoms with Gasteiger partial charge in [0.2, 0.25) is 0 Å². The topological polar surface area (TPSA) is 77.3 Å². The first-order valence-electron chi connectivity index (χ1n) is 9.16. The lowest BCUT2D eigenvalue weighted by atomic mass is 10.2. The van der Waals surface area contributed by atoms with Gasteiger partial charge in [-0.25, -0.2) is 9.78 Å². The molecule has 7 nitrogen and oxygen atoms in total.